The van der Waals surface area contributed by atoms with E-state index < -0.39 is 0 Å². The monoisotopic (exact) mass is 231 g/mol. The van der Waals surface area contributed by atoms with Gasteiger partial charge in [-0.05, 0) is 24.6 Å². The van der Waals surface area contributed by atoms with E-state index in [1.807, 2.05) is 0 Å². The van der Waals surface area contributed by atoms with Crippen LogP contribution in [0.1, 0.15) is 28.6 Å². The summed E-state index contributed by atoms with van der Waals surface area (Å²) in [4.78, 5) is 1.45. The van der Waals surface area contributed by atoms with Crippen LogP contribution in [-0.2, 0) is 13.5 Å². The van der Waals surface area contributed by atoms with E-state index in [4.69, 9.17) is 5.73 Å². The van der Waals surface area contributed by atoms with E-state index in [0.717, 1.165) is 5.56 Å². The highest BCUT2D eigenvalue weighted by atomic mass is 15.6. The molecular formula is C12H17N5. The third-order valence-electron chi connectivity index (χ3n) is 2.62. The van der Waals surface area contributed by atoms with Crippen molar-refractivity contribution < 1.29 is 0 Å². The van der Waals surface area contributed by atoms with E-state index in [2.05, 4.69) is 47.5 Å². The fourth-order valence-corrected chi connectivity index (χ4v) is 1.94. The van der Waals surface area contributed by atoms with Crippen LogP contribution in [-0.4, -0.2) is 20.2 Å². The second-order valence-electron chi connectivity index (χ2n) is 4.43. The molecule has 2 N–H and O–H groups in total. The summed E-state index contributed by atoms with van der Waals surface area (Å²) >= 11 is 0. The maximum atomic E-state index is 6.16. The molecular weight excluding hydrogens is 214 g/mol. The summed E-state index contributed by atoms with van der Waals surface area (Å²) in [6.45, 7) is 4.15. The van der Waals surface area contributed by atoms with Crippen LogP contribution < -0.4 is 5.73 Å². The predicted octanol–water partition coefficient (Wildman–Crippen LogP) is 1.07. The van der Waals surface area contributed by atoms with Gasteiger partial charge in [-0.1, -0.05) is 29.3 Å². The van der Waals surface area contributed by atoms with Gasteiger partial charge < -0.3 is 5.73 Å². The van der Waals surface area contributed by atoms with Crippen molar-refractivity contribution >= 4 is 0 Å². The third-order valence-corrected chi connectivity index (χ3v) is 2.62. The van der Waals surface area contributed by atoms with Gasteiger partial charge in [0.15, 0.2) is 5.82 Å². The van der Waals surface area contributed by atoms with Crippen molar-refractivity contribution in [3.63, 3.8) is 0 Å². The largest absolute Gasteiger partial charge is 0.324 e. The Balaban J connectivity index is 2.16. The molecule has 2 rings (SSSR count). The molecule has 0 amide bonds. The van der Waals surface area contributed by atoms with Gasteiger partial charge in [-0.3, -0.25) is 0 Å². The van der Waals surface area contributed by atoms with Crippen LogP contribution in [0.3, 0.4) is 0 Å². The quantitative estimate of drug-likeness (QED) is 0.857. The molecule has 17 heavy (non-hydrogen) atoms. The van der Waals surface area contributed by atoms with E-state index in [1.54, 1.807) is 7.05 Å². The zero-order valence-electron chi connectivity index (χ0n) is 10.4. The van der Waals surface area contributed by atoms with Gasteiger partial charge in [0.1, 0.15) is 0 Å². The highest BCUT2D eigenvalue weighted by Gasteiger charge is 2.11. The zero-order valence-corrected chi connectivity index (χ0v) is 10.4. The summed E-state index contributed by atoms with van der Waals surface area (Å²) < 4.78 is 0. The molecule has 0 aliphatic heterocycles. The highest BCUT2D eigenvalue weighted by molar-refractivity contribution is 5.30. The first-order valence-electron chi connectivity index (χ1n) is 5.61. The summed E-state index contributed by atoms with van der Waals surface area (Å²) in [5, 5.41) is 11.9. The topological polar surface area (TPSA) is 69.6 Å². The van der Waals surface area contributed by atoms with Crippen molar-refractivity contribution in [1.29, 1.82) is 0 Å². The summed E-state index contributed by atoms with van der Waals surface area (Å²) in [7, 11) is 1.75. The van der Waals surface area contributed by atoms with Gasteiger partial charge in [-0.2, -0.15) is 4.80 Å². The Labute approximate surface area is 101 Å². The van der Waals surface area contributed by atoms with E-state index in [-0.39, 0.29) is 6.04 Å². The third kappa shape index (κ3) is 2.88. The van der Waals surface area contributed by atoms with Gasteiger partial charge in [0.05, 0.1) is 7.05 Å². The lowest BCUT2D eigenvalue weighted by atomic mass is 10.00. The minimum absolute atomic E-state index is 0.0854. The van der Waals surface area contributed by atoms with Gasteiger partial charge in [0, 0.05) is 12.5 Å². The molecule has 1 atom stereocenters. The van der Waals surface area contributed by atoms with Gasteiger partial charge in [0.25, 0.3) is 0 Å². The first-order valence-corrected chi connectivity index (χ1v) is 5.61. The van der Waals surface area contributed by atoms with E-state index in [1.165, 1.54) is 15.9 Å². The molecule has 0 fully saturated rings. The van der Waals surface area contributed by atoms with Crippen LogP contribution in [0.15, 0.2) is 18.2 Å². The van der Waals surface area contributed by atoms with Gasteiger partial charge in [-0.25, -0.2) is 0 Å². The molecule has 5 heteroatoms. The maximum absolute atomic E-state index is 6.16. The van der Waals surface area contributed by atoms with Gasteiger partial charge in [0.2, 0.25) is 0 Å². The minimum Gasteiger partial charge on any atom is -0.324 e. The Bertz CT molecular complexity index is 497. The summed E-state index contributed by atoms with van der Waals surface area (Å²) in [5.41, 5.74) is 9.73. The number of benzene rings is 1. The lowest BCUT2D eigenvalue weighted by molar-refractivity contribution is 0.622. The van der Waals surface area contributed by atoms with Crippen LogP contribution >= 0.6 is 0 Å². The summed E-state index contributed by atoms with van der Waals surface area (Å²) in [5.74, 6) is 0.680. The van der Waals surface area contributed by atoms with Crippen LogP contribution in [0, 0.1) is 13.8 Å². The standard InChI is InChI=1S/C12H17N5/c1-8-4-9(2)6-10(5-8)11(13)7-12-14-16-17(3)15-12/h4-6,11H,7,13H2,1-3H3. The molecule has 1 unspecified atom stereocenters. The lowest BCUT2D eigenvalue weighted by Gasteiger charge is -2.11. The minimum atomic E-state index is -0.0854. The number of rotatable bonds is 3. The normalized spacial score (nSPS) is 12.7. The molecule has 0 aliphatic rings. The average molecular weight is 231 g/mol. The van der Waals surface area contributed by atoms with Gasteiger partial charge >= 0.3 is 0 Å². The molecule has 0 bridgehead atoms. The van der Waals surface area contributed by atoms with Crippen molar-refractivity contribution in [3.8, 4) is 0 Å². The molecule has 1 aromatic heterocycles. The van der Waals surface area contributed by atoms with Crippen LogP contribution in [0.2, 0.25) is 0 Å². The molecule has 90 valence electrons. The van der Waals surface area contributed by atoms with Crippen molar-refractivity contribution in [3.05, 3.63) is 40.7 Å². The Morgan fingerprint density at radius 2 is 1.88 bits per heavy atom. The van der Waals surface area contributed by atoms with E-state index >= 15 is 0 Å². The van der Waals surface area contributed by atoms with Crippen LogP contribution in [0.5, 0.6) is 0 Å². The second kappa shape index (κ2) is 4.63. The Hall–Kier alpha value is -1.75. The smallest absolute Gasteiger partial charge is 0.176 e. The average Bonchev–Trinajstić information content (AvgIpc) is 2.62. The van der Waals surface area contributed by atoms with E-state index in [9.17, 15) is 0 Å². The highest BCUT2D eigenvalue weighted by Crippen LogP contribution is 2.17. The number of aromatic nitrogens is 4. The predicted molar refractivity (Wildman–Crippen MR) is 65.3 cm³/mol. The van der Waals surface area contributed by atoms with Gasteiger partial charge in [-0.15, -0.1) is 10.2 Å². The molecule has 0 spiro atoms. The number of nitrogens with two attached hydrogens (primary N) is 1. The fraction of sp³-hybridized carbons (Fsp3) is 0.417. The maximum Gasteiger partial charge on any atom is 0.176 e. The molecule has 5 nitrogen and oxygen atoms in total. The number of aryl methyl sites for hydroxylation is 3. The molecule has 0 saturated heterocycles. The van der Waals surface area contributed by atoms with Crippen LogP contribution in [0.25, 0.3) is 0 Å². The lowest BCUT2D eigenvalue weighted by Crippen LogP contribution is -2.14. The molecule has 2 aromatic rings. The Morgan fingerprint density at radius 3 is 2.41 bits per heavy atom. The molecule has 0 saturated carbocycles. The van der Waals surface area contributed by atoms with Crippen molar-refractivity contribution in [2.75, 3.05) is 0 Å². The van der Waals surface area contributed by atoms with E-state index in [0.29, 0.717) is 12.2 Å². The summed E-state index contributed by atoms with van der Waals surface area (Å²) in [6.07, 6.45) is 0.608. The van der Waals surface area contributed by atoms with Crippen molar-refractivity contribution in [1.82, 2.24) is 20.2 Å². The molecule has 1 heterocycles. The number of hydrogen-bond donors (Lipinski definition) is 1. The second-order valence-corrected chi connectivity index (χ2v) is 4.43. The summed E-state index contributed by atoms with van der Waals surface area (Å²) in [6, 6.07) is 6.26. The molecule has 1 aromatic carbocycles. The van der Waals surface area contributed by atoms with Crippen molar-refractivity contribution in [2.45, 2.75) is 26.3 Å². The molecule has 0 radical (unpaired) electrons. The first kappa shape index (κ1) is 11.7. The Morgan fingerprint density at radius 1 is 1.24 bits per heavy atom. The fourth-order valence-electron chi connectivity index (χ4n) is 1.94. The van der Waals surface area contributed by atoms with Crippen LogP contribution in [0.4, 0.5) is 0 Å². The first-order chi connectivity index (χ1) is 8.04. The zero-order chi connectivity index (χ0) is 12.4. The SMILES string of the molecule is Cc1cc(C)cc(C(N)Cc2nnn(C)n2)c1. The number of nitrogens with zero attached hydrogens (tertiary/aromatic N) is 4. The number of hydrogen-bond acceptors (Lipinski definition) is 4. The molecule has 0 aliphatic carbocycles. The number of tetrazole rings is 1. The van der Waals surface area contributed by atoms with Crippen molar-refractivity contribution in [2.24, 2.45) is 12.8 Å². The Kier molecular flexibility index (Phi) is 3.19.